The topological polar surface area (TPSA) is 0 Å². The molecule has 0 heteroatoms. The van der Waals surface area contributed by atoms with Crippen LogP contribution < -0.4 is 0 Å². The van der Waals surface area contributed by atoms with Crippen LogP contribution in [-0.4, -0.2) is 0 Å². The van der Waals surface area contributed by atoms with Crippen LogP contribution in [0.15, 0.2) is 18.2 Å². The summed E-state index contributed by atoms with van der Waals surface area (Å²) in [5.41, 5.74) is 5.31. The van der Waals surface area contributed by atoms with Crippen molar-refractivity contribution >= 4 is 0 Å². The molecule has 0 amide bonds. The minimum absolute atomic E-state index is 0.459. The van der Waals surface area contributed by atoms with Gasteiger partial charge in [0, 0.05) is 0 Å². The Balaban J connectivity index is 2.04. The summed E-state index contributed by atoms with van der Waals surface area (Å²) in [4.78, 5) is 0. The van der Waals surface area contributed by atoms with Crippen molar-refractivity contribution in [2.24, 2.45) is 11.8 Å². The van der Waals surface area contributed by atoms with Gasteiger partial charge in [-0.05, 0) is 59.1 Å². The number of hydrogen-bond acceptors (Lipinski definition) is 0. The van der Waals surface area contributed by atoms with Crippen LogP contribution in [-0.2, 0) is 11.8 Å². The van der Waals surface area contributed by atoms with E-state index in [1.807, 2.05) is 0 Å². The molecule has 0 spiro atoms. The van der Waals surface area contributed by atoms with E-state index in [1.165, 1.54) is 37.7 Å². The molecule has 0 heterocycles. The van der Waals surface area contributed by atoms with E-state index in [1.54, 1.807) is 11.1 Å². The molecule has 1 saturated carbocycles. The molecular formula is C19H28. The van der Waals surface area contributed by atoms with Gasteiger partial charge in [0.1, 0.15) is 0 Å². The van der Waals surface area contributed by atoms with Gasteiger partial charge >= 0.3 is 0 Å². The summed E-state index contributed by atoms with van der Waals surface area (Å²) >= 11 is 0. The summed E-state index contributed by atoms with van der Waals surface area (Å²) in [6.45, 7) is 9.63. The second-order valence-electron chi connectivity index (χ2n) is 7.50. The maximum atomic E-state index is 2.54. The fraction of sp³-hybridized carbons (Fsp3) is 0.684. The number of fused-ring (bicyclic) bond motifs is 3. The molecule has 0 bridgehead atoms. The summed E-state index contributed by atoms with van der Waals surface area (Å²) in [5.74, 6) is 2.48. The lowest BCUT2D eigenvalue weighted by atomic mass is 9.55. The van der Waals surface area contributed by atoms with Crippen LogP contribution in [0.2, 0.25) is 0 Å². The van der Waals surface area contributed by atoms with Crippen molar-refractivity contribution in [1.29, 1.82) is 0 Å². The lowest BCUT2D eigenvalue weighted by Crippen LogP contribution is -2.43. The highest BCUT2D eigenvalue weighted by molar-refractivity contribution is 5.41. The monoisotopic (exact) mass is 256 g/mol. The molecule has 0 unspecified atom stereocenters. The standard InChI is InChI=1S/C19H28/c1-13(2)15-7-10-18-16(12-15)8-9-17-14(3)6-5-11-19(17,18)4/h7,10,12-14,17H,5-6,8-9,11H2,1-4H3/t14-,17-,19-/m1/s1. The predicted molar refractivity (Wildman–Crippen MR) is 82.7 cm³/mol. The normalized spacial score (nSPS) is 33.9. The van der Waals surface area contributed by atoms with Gasteiger partial charge in [-0.1, -0.05) is 58.7 Å². The van der Waals surface area contributed by atoms with Gasteiger partial charge in [0.05, 0.1) is 0 Å². The molecule has 2 aliphatic carbocycles. The zero-order valence-corrected chi connectivity index (χ0v) is 13.0. The van der Waals surface area contributed by atoms with Crippen LogP contribution in [0.25, 0.3) is 0 Å². The molecule has 0 aromatic heterocycles. The van der Waals surface area contributed by atoms with Gasteiger partial charge in [-0.3, -0.25) is 0 Å². The summed E-state index contributed by atoms with van der Waals surface area (Å²) in [6.07, 6.45) is 6.97. The Bertz CT molecular complexity index is 471. The molecule has 2 aliphatic rings. The average molecular weight is 256 g/mol. The SMILES string of the molecule is CC(C)c1ccc2c(c1)CC[C@@H]1[C@H](C)CCC[C@@]21C. The van der Waals surface area contributed by atoms with Crippen LogP contribution in [0.5, 0.6) is 0 Å². The van der Waals surface area contributed by atoms with Crippen LogP contribution in [0, 0.1) is 11.8 Å². The van der Waals surface area contributed by atoms with Crippen molar-refractivity contribution in [2.75, 3.05) is 0 Å². The van der Waals surface area contributed by atoms with E-state index in [4.69, 9.17) is 0 Å². The van der Waals surface area contributed by atoms with E-state index in [2.05, 4.69) is 45.9 Å². The van der Waals surface area contributed by atoms with Gasteiger partial charge in [-0.2, -0.15) is 0 Å². The zero-order valence-electron chi connectivity index (χ0n) is 13.0. The van der Waals surface area contributed by atoms with E-state index in [0.29, 0.717) is 11.3 Å². The molecule has 104 valence electrons. The van der Waals surface area contributed by atoms with E-state index < -0.39 is 0 Å². The van der Waals surface area contributed by atoms with E-state index in [0.717, 1.165) is 11.8 Å². The molecule has 0 aliphatic heterocycles. The Labute approximate surface area is 118 Å². The van der Waals surface area contributed by atoms with Crippen molar-refractivity contribution in [3.8, 4) is 0 Å². The van der Waals surface area contributed by atoms with Crippen LogP contribution in [0.1, 0.15) is 76.0 Å². The fourth-order valence-corrected chi connectivity index (χ4v) is 4.79. The van der Waals surface area contributed by atoms with Crippen LogP contribution in [0.4, 0.5) is 0 Å². The summed E-state index contributed by atoms with van der Waals surface area (Å²) in [7, 11) is 0. The second kappa shape index (κ2) is 4.65. The van der Waals surface area contributed by atoms with Gasteiger partial charge in [-0.25, -0.2) is 0 Å². The lowest BCUT2D eigenvalue weighted by molar-refractivity contribution is 0.118. The maximum Gasteiger partial charge on any atom is -0.00417 e. The van der Waals surface area contributed by atoms with Crippen LogP contribution >= 0.6 is 0 Å². The lowest BCUT2D eigenvalue weighted by Gasteiger charge is -2.49. The molecule has 0 saturated heterocycles. The summed E-state index contributed by atoms with van der Waals surface area (Å²) in [6, 6.07) is 7.35. The van der Waals surface area contributed by atoms with E-state index in [-0.39, 0.29) is 0 Å². The minimum atomic E-state index is 0.459. The molecule has 0 radical (unpaired) electrons. The third-order valence-electron chi connectivity index (χ3n) is 6.00. The van der Waals surface area contributed by atoms with Crippen LogP contribution in [0.3, 0.4) is 0 Å². The third kappa shape index (κ3) is 2.04. The van der Waals surface area contributed by atoms with Crippen molar-refractivity contribution in [1.82, 2.24) is 0 Å². The molecule has 19 heavy (non-hydrogen) atoms. The Morgan fingerprint density at radius 1 is 1.21 bits per heavy atom. The first kappa shape index (κ1) is 13.2. The molecule has 0 nitrogen and oxygen atoms in total. The first-order chi connectivity index (χ1) is 9.02. The highest BCUT2D eigenvalue weighted by Crippen LogP contribution is 2.52. The minimum Gasteiger partial charge on any atom is -0.0622 e. The smallest absolute Gasteiger partial charge is 0.00417 e. The van der Waals surface area contributed by atoms with Crippen molar-refractivity contribution in [2.45, 2.75) is 71.1 Å². The molecule has 1 aromatic carbocycles. The van der Waals surface area contributed by atoms with Gasteiger partial charge in [0.15, 0.2) is 0 Å². The van der Waals surface area contributed by atoms with E-state index >= 15 is 0 Å². The molecule has 1 fully saturated rings. The van der Waals surface area contributed by atoms with Gasteiger partial charge < -0.3 is 0 Å². The van der Waals surface area contributed by atoms with Crippen molar-refractivity contribution < 1.29 is 0 Å². The number of aryl methyl sites for hydroxylation is 1. The van der Waals surface area contributed by atoms with Gasteiger partial charge in [-0.15, -0.1) is 0 Å². The van der Waals surface area contributed by atoms with E-state index in [9.17, 15) is 0 Å². The number of rotatable bonds is 1. The summed E-state index contributed by atoms with van der Waals surface area (Å²) < 4.78 is 0. The fourth-order valence-electron chi connectivity index (χ4n) is 4.79. The largest absolute Gasteiger partial charge is 0.0622 e. The Hall–Kier alpha value is -0.780. The van der Waals surface area contributed by atoms with Crippen molar-refractivity contribution in [3.05, 3.63) is 34.9 Å². The van der Waals surface area contributed by atoms with Crippen molar-refractivity contribution in [3.63, 3.8) is 0 Å². The first-order valence-electron chi connectivity index (χ1n) is 8.15. The first-order valence-corrected chi connectivity index (χ1v) is 8.15. The highest BCUT2D eigenvalue weighted by atomic mass is 14.5. The molecular weight excluding hydrogens is 228 g/mol. The predicted octanol–water partition coefficient (Wildman–Crippen LogP) is 5.45. The third-order valence-corrected chi connectivity index (χ3v) is 6.00. The highest BCUT2D eigenvalue weighted by Gasteiger charge is 2.44. The van der Waals surface area contributed by atoms with Gasteiger partial charge in [0.2, 0.25) is 0 Å². The summed E-state index contributed by atoms with van der Waals surface area (Å²) in [5, 5.41) is 0. The average Bonchev–Trinajstić information content (AvgIpc) is 2.38. The zero-order chi connectivity index (χ0) is 13.6. The number of hydrogen-bond donors (Lipinski definition) is 0. The number of benzene rings is 1. The molecule has 0 N–H and O–H groups in total. The van der Waals surface area contributed by atoms with Gasteiger partial charge in [0.25, 0.3) is 0 Å². The maximum absolute atomic E-state index is 2.54. The molecule has 3 rings (SSSR count). The second-order valence-corrected chi connectivity index (χ2v) is 7.50. The Kier molecular flexibility index (Phi) is 3.23. The Morgan fingerprint density at radius 2 is 2.00 bits per heavy atom. The molecule has 1 aromatic rings. The molecule has 3 atom stereocenters. The quantitative estimate of drug-likeness (QED) is 0.626. The Morgan fingerprint density at radius 3 is 2.74 bits per heavy atom.